The summed E-state index contributed by atoms with van der Waals surface area (Å²) >= 11 is 8.99. The van der Waals surface area contributed by atoms with Crippen LogP contribution in [0.1, 0.15) is 5.56 Å². The van der Waals surface area contributed by atoms with Crippen LogP contribution in [0.4, 0.5) is 0 Å². The molecule has 2 aromatic carbocycles. The highest BCUT2D eigenvalue weighted by Gasteiger charge is 2.14. The molecule has 0 amide bonds. The van der Waals surface area contributed by atoms with Gasteiger partial charge >= 0.3 is 5.97 Å². The molecule has 0 bridgehead atoms. The predicted octanol–water partition coefficient (Wildman–Crippen LogP) is 3.38. The minimum Gasteiger partial charge on any atom is -0.468 e. The van der Waals surface area contributed by atoms with E-state index in [9.17, 15) is 4.79 Å². The second kappa shape index (κ2) is 6.33. The third-order valence-electron chi connectivity index (χ3n) is 3.00. The highest BCUT2D eigenvalue weighted by molar-refractivity contribution is 9.10. The van der Waals surface area contributed by atoms with E-state index >= 15 is 0 Å². The molecule has 0 aliphatic carbocycles. The minimum atomic E-state index is -0.311. The molecule has 104 valence electrons. The molecule has 0 N–H and O–H groups in total. The van der Waals surface area contributed by atoms with Gasteiger partial charge in [0.05, 0.1) is 7.11 Å². The molecule has 2 aromatic rings. The summed E-state index contributed by atoms with van der Waals surface area (Å²) < 4.78 is 5.63. The Morgan fingerprint density at radius 2 is 2.05 bits per heavy atom. The van der Waals surface area contributed by atoms with Crippen LogP contribution in [0.3, 0.4) is 0 Å². The Hall–Kier alpha value is -1.46. The van der Waals surface area contributed by atoms with Crippen molar-refractivity contribution >= 4 is 49.9 Å². The Morgan fingerprint density at radius 3 is 2.75 bits per heavy atom. The van der Waals surface area contributed by atoms with Crippen LogP contribution in [-0.4, -0.2) is 36.6 Å². The van der Waals surface area contributed by atoms with Crippen molar-refractivity contribution in [1.82, 2.24) is 4.90 Å². The maximum atomic E-state index is 11.4. The molecule has 0 aromatic heterocycles. The Balaban J connectivity index is 2.41. The average Bonchev–Trinajstić information content (AvgIpc) is 2.45. The molecule has 0 aliphatic rings. The fourth-order valence-corrected chi connectivity index (χ4v) is 2.70. The van der Waals surface area contributed by atoms with E-state index in [1.54, 1.807) is 11.9 Å². The lowest BCUT2D eigenvalue weighted by Crippen LogP contribution is -2.32. The Labute approximate surface area is 131 Å². The van der Waals surface area contributed by atoms with E-state index in [4.69, 9.17) is 12.2 Å². The molecule has 0 saturated heterocycles. The summed E-state index contributed by atoms with van der Waals surface area (Å²) in [5, 5.41) is 2.17. The maximum Gasteiger partial charge on any atom is 0.325 e. The summed E-state index contributed by atoms with van der Waals surface area (Å²) in [7, 11) is 3.16. The smallest absolute Gasteiger partial charge is 0.325 e. The quantitative estimate of drug-likeness (QED) is 0.626. The number of likely N-dealkylation sites (N-methyl/N-ethyl adjacent to an activating group) is 1. The van der Waals surface area contributed by atoms with Crippen molar-refractivity contribution in [2.24, 2.45) is 0 Å². The molecule has 0 aliphatic heterocycles. The highest BCUT2D eigenvalue weighted by Crippen LogP contribution is 2.25. The zero-order chi connectivity index (χ0) is 14.7. The van der Waals surface area contributed by atoms with Gasteiger partial charge < -0.3 is 9.64 Å². The van der Waals surface area contributed by atoms with E-state index in [0.29, 0.717) is 4.99 Å². The predicted molar refractivity (Wildman–Crippen MR) is 88.0 cm³/mol. The summed E-state index contributed by atoms with van der Waals surface area (Å²) in [5.74, 6) is -0.311. The largest absolute Gasteiger partial charge is 0.468 e. The summed E-state index contributed by atoms with van der Waals surface area (Å²) in [6, 6.07) is 12.0. The number of rotatable bonds is 3. The number of hydrogen-bond donors (Lipinski definition) is 0. The summed E-state index contributed by atoms with van der Waals surface area (Å²) in [5.41, 5.74) is 0.927. The van der Waals surface area contributed by atoms with Gasteiger partial charge in [0.25, 0.3) is 0 Å². The van der Waals surface area contributed by atoms with Crippen LogP contribution in [0.15, 0.2) is 40.9 Å². The summed E-state index contributed by atoms with van der Waals surface area (Å²) in [6.07, 6.45) is 0. The van der Waals surface area contributed by atoms with E-state index < -0.39 is 0 Å². The van der Waals surface area contributed by atoms with Gasteiger partial charge in [-0.05, 0) is 22.9 Å². The Kier molecular flexibility index (Phi) is 4.73. The first-order chi connectivity index (χ1) is 9.52. The molecule has 0 unspecified atom stereocenters. The van der Waals surface area contributed by atoms with E-state index in [2.05, 4.69) is 20.7 Å². The fraction of sp³-hybridized carbons (Fsp3) is 0.200. The van der Waals surface area contributed by atoms with Crippen LogP contribution >= 0.6 is 28.1 Å². The van der Waals surface area contributed by atoms with Crippen LogP contribution in [0.25, 0.3) is 10.8 Å². The van der Waals surface area contributed by atoms with Gasteiger partial charge in [0, 0.05) is 17.1 Å². The van der Waals surface area contributed by atoms with Crippen LogP contribution < -0.4 is 0 Å². The summed E-state index contributed by atoms with van der Waals surface area (Å²) in [4.78, 5) is 13.7. The topological polar surface area (TPSA) is 29.5 Å². The number of ether oxygens (including phenoxy) is 1. The first-order valence-corrected chi connectivity index (χ1v) is 7.23. The lowest BCUT2D eigenvalue weighted by Gasteiger charge is -2.20. The zero-order valence-electron chi connectivity index (χ0n) is 11.2. The molecule has 0 radical (unpaired) electrons. The molecule has 0 spiro atoms. The van der Waals surface area contributed by atoms with E-state index in [-0.39, 0.29) is 12.5 Å². The number of fused-ring (bicyclic) bond motifs is 1. The minimum absolute atomic E-state index is 0.135. The van der Waals surface area contributed by atoms with Gasteiger partial charge in [-0.3, -0.25) is 4.79 Å². The first-order valence-electron chi connectivity index (χ1n) is 6.03. The van der Waals surface area contributed by atoms with E-state index in [1.807, 2.05) is 36.4 Å². The third kappa shape index (κ3) is 3.16. The van der Waals surface area contributed by atoms with Crippen molar-refractivity contribution in [3.05, 3.63) is 46.4 Å². The monoisotopic (exact) mass is 351 g/mol. The highest BCUT2D eigenvalue weighted by atomic mass is 79.9. The molecule has 0 fully saturated rings. The molecule has 2 rings (SSSR count). The number of carbonyl (C=O) groups is 1. The number of esters is 1. The molecule has 3 nitrogen and oxygen atoms in total. The van der Waals surface area contributed by atoms with E-state index in [0.717, 1.165) is 20.8 Å². The second-order valence-corrected chi connectivity index (χ2v) is 5.71. The standard InChI is InChI=1S/C15H14BrNO2S/c1-17(9-14(18)19-2)15(20)13-8-11(16)7-10-5-3-4-6-12(10)13/h3-8H,9H2,1-2H3. The number of nitrogens with zero attached hydrogens (tertiary/aromatic N) is 1. The third-order valence-corrected chi connectivity index (χ3v) is 3.99. The zero-order valence-corrected chi connectivity index (χ0v) is 13.6. The van der Waals surface area contributed by atoms with Crippen molar-refractivity contribution < 1.29 is 9.53 Å². The van der Waals surface area contributed by atoms with Gasteiger partial charge in [-0.1, -0.05) is 52.4 Å². The molecule has 20 heavy (non-hydrogen) atoms. The van der Waals surface area contributed by atoms with Crippen LogP contribution in [0, 0.1) is 0 Å². The van der Waals surface area contributed by atoms with Crippen molar-refractivity contribution in [2.45, 2.75) is 0 Å². The van der Waals surface area contributed by atoms with Gasteiger partial charge in [0.2, 0.25) is 0 Å². The molecule has 0 atom stereocenters. The van der Waals surface area contributed by atoms with Crippen LogP contribution in [-0.2, 0) is 9.53 Å². The summed E-state index contributed by atoms with van der Waals surface area (Å²) in [6.45, 7) is 0.135. The SMILES string of the molecule is COC(=O)CN(C)C(=S)c1cc(Br)cc2ccccc12. The van der Waals surface area contributed by atoms with Gasteiger partial charge in [0.15, 0.2) is 0 Å². The second-order valence-electron chi connectivity index (χ2n) is 4.41. The van der Waals surface area contributed by atoms with E-state index in [1.165, 1.54) is 7.11 Å². The fourth-order valence-electron chi connectivity index (χ4n) is 1.99. The number of methoxy groups -OCH3 is 1. The van der Waals surface area contributed by atoms with Gasteiger partial charge in [-0.2, -0.15) is 0 Å². The lowest BCUT2D eigenvalue weighted by molar-refractivity contribution is -0.140. The lowest BCUT2D eigenvalue weighted by atomic mass is 10.0. The number of carbonyl (C=O) groups excluding carboxylic acids is 1. The molecule has 0 saturated carbocycles. The Morgan fingerprint density at radius 1 is 1.35 bits per heavy atom. The van der Waals surface area contributed by atoms with Gasteiger partial charge in [-0.25, -0.2) is 0 Å². The Bertz CT molecular complexity index is 672. The van der Waals surface area contributed by atoms with Crippen molar-refractivity contribution in [1.29, 1.82) is 0 Å². The average molecular weight is 352 g/mol. The van der Waals surface area contributed by atoms with Gasteiger partial charge in [0.1, 0.15) is 11.5 Å². The van der Waals surface area contributed by atoms with Gasteiger partial charge in [-0.15, -0.1) is 0 Å². The number of hydrogen-bond acceptors (Lipinski definition) is 3. The number of thiocarbonyl (C=S) groups is 1. The molecular weight excluding hydrogens is 338 g/mol. The molecule has 5 heteroatoms. The normalized spacial score (nSPS) is 10.3. The number of halogens is 1. The first kappa shape index (κ1) is 14.9. The van der Waals surface area contributed by atoms with Crippen LogP contribution in [0.5, 0.6) is 0 Å². The molecule has 0 heterocycles. The molecular formula is C15H14BrNO2S. The van der Waals surface area contributed by atoms with Crippen molar-refractivity contribution in [2.75, 3.05) is 20.7 Å². The van der Waals surface area contributed by atoms with Crippen molar-refractivity contribution in [3.63, 3.8) is 0 Å². The van der Waals surface area contributed by atoms with Crippen molar-refractivity contribution in [3.8, 4) is 0 Å². The number of benzene rings is 2. The maximum absolute atomic E-state index is 11.4. The van der Waals surface area contributed by atoms with Crippen LogP contribution in [0.2, 0.25) is 0 Å².